The predicted molar refractivity (Wildman–Crippen MR) is 45.9 cm³/mol. The van der Waals surface area contributed by atoms with Gasteiger partial charge < -0.3 is 0 Å². The molecular weight excluding hydrogens is 155 g/mol. The van der Waals surface area contributed by atoms with Gasteiger partial charge in [-0.1, -0.05) is 22.7 Å². The highest BCUT2D eigenvalue weighted by molar-refractivity contribution is 5.46. The molecule has 62 valence electrons. The fraction of sp³-hybridized carbons (Fsp3) is 0.111. The van der Waals surface area contributed by atoms with Gasteiger partial charge in [0, 0.05) is 0 Å². The quantitative estimate of drug-likeness (QED) is 0.586. The standard InChI is InChI=1S/C9H9FN2/c10-12-8-4-7-11(12)9-5-2-1-3-6-9/h1-6,8H,7H2. The summed E-state index contributed by atoms with van der Waals surface area (Å²) in [5, 5.41) is 2.13. The van der Waals surface area contributed by atoms with Crippen LogP contribution in [0.5, 0.6) is 0 Å². The van der Waals surface area contributed by atoms with Crippen molar-refractivity contribution in [1.82, 2.24) is 5.23 Å². The number of hydrogen-bond acceptors (Lipinski definition) is 2. The Bertz CT molecular complexity index is 284. The van der Waals surface area contributed by atoms with Gasteiger partial charge in [-0.25, -0.2) is 0 Å². The van der Waals surface area contributed by atoms with Gasteiger partial charge in [-0.05, 0) is 18.2 Å². The number of hydrazine groups is 1. The maximum absolute atomic E-state index is 12.9. The van der Waals surface area contributed by atoms with E-state index in [2.05, 4.69) is 0 Å². The molecule has 3 heteroatoms. The second-order valence-corrected chi connectivity index (χ2v) is 2.59. The molecule has 0 aromatic heterocycles. The number of hydrogen-bond donors (Lipinski definition) is 0. The molecule has 2 nitrogen and oxygen atoms in total. The first-order valence-electron chi connectivity index (χ1n) is 3.82. The molecule has 0 saturated heterocycles. The van der Waals surface area contributed by atoms with Crippen LogP contribution in [0, 0.1) is 0 Å². The summed E-state index contributed by atoms with van der Waals surface area (Å²) in [6, 6.07) is 9.44. The summed E-state index contributed by atoms with van der Waals surface area (Å²) in [5.41, 5.74) is 0.866. The molecular formula is C9H9FN2. The Hall–Kier alpha value is -1.51. The number of rotatable bonds is 1. The minimum absolute atomic E-state index is 0.593. The van der Waals surface area contributed by atoms with Crippen LogP contribution < -0.4 is 5.01 Å². The van der Waals surface area contributed by atoms with E-state index in [9.17, 15) is 4.48 Å². The van der Waals surface area contributed by atoms with Crippen LogP contribution in [0.2, 0.25) is 0 Å². The van der Waals surface area contributed by atoms with Crippen LogP contribution >= 0.6 is 0 Å². The molecule has 0 fully saturated rings. The lowest BCUT2D eigenvalue weighted by atomic mass is 10.3. The minimum atomic E-state index is 0.593. The molecule has 0 atom stereocenters. The third-order valence-electron chi connectivity index (χ3n) is 1.79. The first kappa shape index (κ1) is 7.16. The highest BCUT2D eigenvalue weighted by Gasteiger charge is 2.14. The zero-order valence-electron chi connectivity index (χ0n) is 6.52. The van der Waals surface area contributed by atoms with E-state index in [1.54, 1.807) is 11.1 Å². The molecule has 0 N–H and O–H groups in total. The zero-order chi connectivity index (χ0) is 8.39. The predicted octanol–water partition coefficient (Wildman–Crippen LogP) is 2.12. The van der Waals surface area contributed by atoms with Crippen molar-refractivity contribution in [2.75, 3.05) is 11.6 Å². The minimum Gasteiger partial charge on any atom is -0.254 e. The molecule has 1 heterocycles. The zero-order valence-corrected chi connectivity index (χ0v) is 6.52. The fourth-order valence-electron chi connectivity index (χ4n) is 1.21. The van der Waals surface area contributed by atoms with Crippen molar-refractivity contribution >= 4 is 5.69 Å². The van der Waals surface area contributed by atoms with Gasteiger partial charge in [-0.3, -0.25) is 5.01 Å². The number of benzene rings is 1. The van der Waals surface area contributed by atoms with E-state index in [1.807, 2.05) is 30.3 Å². The number of halogens is 1. The Morgan fingerprint density at radius 1 is 1.17 bits per heavy atom. The lowest BCUT2D eigenvalue weighted by molar-refractivity contribution is 0.0871. The van der Waals surface area contributed by atoms with Gasteiger partial charge in [0.15, 0.2) is 0 Å². The normalized spacial score (nSPS) is 15.8. The average molecular weight is 164 g/mol. The Morgan fingerprint density at radius 2 is 1.92 bits per heavy atom. The van der Waals surface area contributed by atoms with Crippen LogP contribution in [0.4, 0.5) is 10.2 Å². The molecule has 0 saturated carbocycles. The smallest absolute Gasteiger partial charge is 0.0621 e. The Labute approximate surface area is 70.4 Å². The van der Waals surface area contributed by atoms with Gasteiger partial charge >= 0.3 is 0 Å². The van der Waals surface area contributed by atoms with E-state index in [1.165, 1.54) is 6.20 Å². The van der Waals surface area contributed by atoms with Crippen molar-refractivity contribution in [1.29, 1.82) is 0 Å². The van der Waals surface area contributed by atoms with Crippen LogP contribution in [-0.2, 0) is 0 Å². The lowest BCUT2D eigenvalue weighted by Crippen LogP contribution is -2.28. The molecule has 1 aromatic rings. The Morgan fingerprint density at radius 3 is 2.50 bits per heavy atom. The molecule has 1 aliphatic heterocycles. The van der Waals surface area contributed by atoms with Crippen molar-refractivity contribution in [2.24, 2.45) is 0 Å². The van der Waals surface area contributed by atoms with Crippen molar-refractivity contribution in [3.8, 4) is 0 Å². The second-order valence-electron chi connectivity index (χ2n) is 2.59. The van der Waals surface area contributed by atoms with Gasteiger partial charge in [0.1, 0.15) is 0 Å². The van der Waals surface area contributed by atoms with Crippen LogP contribution in [0.15, 0.2) is 42.6 Å². The summed E-state index contributed by atoms with van der Waals surface area (Å²) in [6.07, 6.45) is 3.18. The van der Waals surface area contributed by atoms with Crippen molar-refractivity contribution < 1.29 is 4.48 Å². The number of para-hydroxylation sites is 1. The molecule has 2 rings (SSSR count). The molecule has 1 aliphatic rings. The first-order chi connectivity index (χ1) is 5.88. The van der Waals surface area contributed by atoms with E-state index in [4.69, 9.17) is 0 Å². The van der Waals surface area contributed by atoms with E-state index in [-0.39, 0.29) is 0 Å². The Balaban J connectivity index is 2.22. The molecule has 0 radical (unpaired) electrons. The highest BCUT2D eigenvalue weighted by Crippen LogP contribution is 2.19. The lowest BCUT2D eigenvalue weighted by Gasteiger charge is -2.22. The van der Waals surface area contributed by atoms with Crippen molar-refractivity contribution in [3.63, 3.8) is 0 Å². The summed E-state index contributed by atoms with van der Waals surface area (Å²) >= 11 is 0. The fourth-order valence-corrected chi connectivity index (χ4v) is 1.21. The maximum Gasteiger partial charge on any atom is 0.0621 e. The van der Waals surface area contributed by atoms with E-state index in [0.717, 1.165) is 5.69 Å². The maximum atomic E-state index is 12.9. The van der Waals surface area contributed by atoms with E-state index >= 15 is 0 Å². The van der Waals surface area contributed by atoms with E-state index < -0.39 is 0 Å². The SMILES string of the molecule is FN1C=CCN1c1ccccc1. The number of nitrogens with zero attached hydrogens (tertiary/aromatic N) is 2. The van der Waals surface area contributed by atoms with Crippen LogP contribution in [-0.4, -0.2) is 11.8 Å². The van der Waals surface area contributed by atoms with Crippen LogP contribution in [0.3, 0.4) is 0 Å². The summed E-state index contributed by atoms with van der Waals surface area (Å²) < 4.78 is 12.9. The second kappa shape index (κ2) is 2.85. The van der Waals surface area contributed by atoms with Crippen molar-refractivity contribution in [3.05, 3.63) is 42.6 Å². The van der Waals surface area contributed by atoms with Gasteiger partial charge in [0.2, 0.25) is 0 Å². The molecule has 1 aromatic carbocycles. The van der Waals surface area contributed by atoms with Gasteiger partial charge in [0.25, 0.3) is 0 Å². The summed E-state index contributed by atoms with van der Waals surface area (Å²) in [4.78, 5) is 0. The van der Waals surface area contributed by atoms with Crippen LogP contribution in [0.25, 0.3) is 0 Å². The molecule has 0 bridgehead atoms. The Kier molecular flexibility index (Phi) is 1.70. The highest BCUT2D eigenvalue weighted by atomic mass is 19.2. The molecule has 12 heavy (non-hydrogen) atoms. The third kappa shape index (κ3) is 1.13. The van der Waals surface area contributed by atoms with Crippen LogP contribution in [0.1, 0.15) is 0 Å². The average Bonchev–Trinajstić information content (AvgIpc) is 2.53. The molecule has 0 aliphatic carbocycles. The molecule has 0 spiro atoms. The van der Waals surface area contributed by atoms with E-state index in [0.29, 0.717) is 11.8 Å². The topological polar surface area (TPSA) is 6.48 Å². The first-order valence-corrected chi connectivity index (χ1v) is 3.82. The number of anilines is 1. The van der Waals surface area contributed by atoms with Gasteiger partial charge in [0.05, 0.1) is 18.4 Å². The summed E-state index contributed by atoms with van der Waals surface area (Å²) in [7, 11) is 0. The summed E-state index contributed by atoms with van der Waals surface area (Å²) in [5.74, 6) is 0. The molecule has 0 unspecified atom stereocenters. The monoisotopic (exact) mass is 164 g/mol. The molecule has 0 amide bonds. The van der Waals surface area contributed by atoms with Crippen molar-refractivity contribution in [2.45, 2.75) is 0 Å². The largest absolute Gasteiger partial charge is 0.254 e. The third-order valence-corrected chi connectivity index (χ3v) is 1.79. The van der Waals surface area contributed by atoms with Gasteiger partial charge in [-0.2, -0.15) is 0 Å². The van der Waals surface area contributed by atoms with Gasteiger partial charge in [-0.15, -0.1) is 5.23 Å². The summed E-state index contributed by atoms with van der Waals surface area (Å²) in [6.45, 7) is 0.598.